The minimum absolute atomic E-state index is 0.0107. The van der Waals surface area contributed by atoms with E-state index in [-0.39, 0.29) is 11.6 Å². The van der Waals surface area contributed by atoms with Crippen LogP contribution in [0.25, 0.3) is 0 Å². The molecule has 0 aliphatic carbocycles. The number of carbonyl (C=O) groups is 1. The Hall–Kier alpha value is -2.39. The van der Waals surface area contributed by atoms with Crippen molar-refractivity contribution in [3.63, 3.8) is 0 Å². The maximum atomic E-state index is 13.0. The summed E-state index contributed by atoms with van der Waals surface area (Å²) in [6.45, 7) is 4.79. The molecule has 0 bridgehead atoms. The summed E-state index contributed by atoms with van der Waals surface area (Å²) in [5.41, 5.74) is 0.152. The van der Waals surface area contributed by atoms with Gasteiger partial charge in [-0.25, -0.2) is 4.98 Å². The molecule has 0 atom stereocenters. The number of hydrogen-bond acceptors (Lipinski definition) is 5. The smallest absolute Gasteiger partial charge is 0.450 e. The summed E-state index contributed by atoms with van der Waals surface area (Å²) in [5, 5.41) is 2.41. The van der Waals surface area contributed by atoms with Gasteiger partial charge in [0, 0.05) is 19.6 Å². The fourth-order valence-corrected chi connectivity index (χ4v) is 2.70. The molecular formula is C17H18F3N3O3. The van der Waals surface area contributed by atoms with Crippen molar-refractivity contribution in [1.29, 1.82) is 0 Å². The lowest BCUT2D eigenvalue weighted by atomic mass is 10.2. The highest BCUT2D eigenvalue weighted by atomic mass is 19.4. The number of hydrogen-bond donors (Lipinski definition) is 1. The van der Waals surface area contributed by atoms with Gasteiger partial charge in [0.25, 0.3) is 5.91 Å². The van der Waals surface area contributed by atoms with Gasteiger partial charge < -0.3 is 14.5 Å². The number of ether oxygens (including phenoxy) is 1. The highest BCUT2D eigenvalue weighted by Gasteiger charge is 2.40. The maximum absolute atomic E-state index is 13.0. The first-order valence-corrected chi connectivity index (χ1v) is 8.08. The number of furan rings is 1. The van der Waals surface area contributed by atoms with Crippen molar-refractivity contribution < 1.29 is 27.1 Å². The van der Waals surface area contributed by atoms with Gasteiger partial charge in [0.1, 0.15) is 11.6 Å². The predicted molar refractivity (Wildman–Crippen MR) is 86.7 cm³/mol. The van der Waals surface area contributed by atoms with Gasteiger partial charge in [-0.2, -0.15) is 13.2 Å². The van der Waals surface area contributed by atoms with E-state index in [0.717, 1.165) is 19.2 Å². The number of anilines is 1. The Kier molecular flexibility index (Phi) is 5.28. The topological polar surface area (TPSA) is 67.6 Å². The Balaban J connectivity index is 1.73. The Bertz CT molecular complexity index is 783. The van der Waals surface area contributed by atoms with Gasteiger partial charge in [-0.3, -0.25) is 9.69 Å². The van der Waals surface area contributed by atoms with Gasteiger partial charge in [-0.15, -0.1) is 0 Å². The van der Waals surface area contributed by atoms with E-state index in [0.29, 0.717) is 25.5 Å². The molecule has 2 aromatic heterocycles. The van der Waals surface area contributed by atoms with Crippen LogP contribution in [0.5, 0.6) is 0 Å². The summed E-state index contributed by atoms with van der Waals surface area (Å²) in [4.78, 5) is 18.7. The highest BCUT2D eigenvalue weighted by Crippen LogP contribution is 2.34. The SMILES string of the molecule is Cc1cc(C(=O)Nc2cccc(CN3CCOCC3)n2)c(C(F)(F)F)o1. The predicted octanol–water partition coefficient (Wildman–Crippen LogP) is 3.09. The van der Waals surface area contributed by atoms with Gasteiger partial charge >= 0.3 is 6.18 Å². The molecule has 0 radical (unpaired) electrons. The van der Waals surface area contributed by atoms with E-state index in [1.54, 1.807) is 12.1 Å². The number of aryl methyl sites for hydroxylation is 1. The quantitative estimate of drug-likeness (QED) is 0.897. The summed E-state index contributed by atoms with van der Waals surface area (Å²) in [7, 11) is 0. The minimum atomic E-state index is -4.74. The van der Waals surface area contributed by atoms with Crippen molar-refractivity contribution in [2.45, 2.75) is 19.6 Å². The minimum Gasteiger partial charge on any atom is -0.456 e. The highest BCUT2D eigenvalue weighted by molar-refractivity contribution is 6.04. The van der Waals surface area contributed by atoms with E-state index in [4.69, 9.17) is 4.74 Å². The van der Waals surface area contributed by atoms with Crippen molar-refractivity contribution >= 4 is 11.7 Å². The van der Waals surface area contributed by atoms with Crippen molar-refractivity contribution in [3.05, 3.63) is 47.0 Å². The van der Waals surface area contributed by atoms with Gasteiger partial charge in [0.15, 0.2) is 0 Å². The van der Waals surface area contributed by atoms with Gasteiger partial charge in [0.05, 0.1) is 24.5 Å². The summed E-state index contributed by atoms with van der Waals surface area (Å²) >= 11 is 0. The van der Waals surface area contributed by atoms with Gasteiger partial charge in [0.2, 0.25) is 5.76 Å². The van der Waals surface area contributed by atoms with Crippen molar-refractivity contribution in [2.24, 2.45) is 0 Å². The van der Waals surface area contributed by atoms with Crippen LogP contribution in [0.1, 0.15) is 27.6 Å². The fourth-order valence-electron chi connectivity index (χ4n) is 2.70. The third-order valence-electron chi connectivity index (χ3n) is 3.90. The van der Waals surface area contributed by atoms with Crippen molar-refractivity contribution in [3.8, 4) is 0 Å². The van der Waals surface area contributed by atoms with Gasteiger partial charge in [-0.05, 0) is 25.1 Å². The van der Waals surface area contributed by atoms with Crippen molar-refractivity contribution in [1.82, 2.24) is 9.88 Å². The zero-order chi connectivity index (χ0) is 18.7. The average molecular weight is 369 g/mol. The summed E-state index contributed by atoms with van der Waals surface area (Å²) < 4.78 is 48.9. The first-order valence-electron chi connectivity index (χ1n) is 8.08. The molecule has 1 aliphatic heterocycles. The third-order valence-corrected chi connectivity index (χ3v) is 3.90. The molecule has 1 fully saturated rings. The Morgan fingerprint density at radius 3 is 2.73 bits per heavy atom. The number of alkyl halides is 3. The number of pyridine rings is 1. The first-order chi connectivity index (χ1) is 12.3. The molecule has 0 unspecified atom stereocenters. The lowest BCUT2D eigenvalue weighted by Crippen LogP contribution is -2.35. The molecular weight excluding hydrogens is 351 g/mol. The molecule has 6 nitrogen and oxygen atoms in total. The molecule has 1 aliphatic rings. The van der Waals surface area contributed by atoms with E-state index in [2.05, 4.69) is 19.6 Å². The zero-order valence-corrected chi connectivity index (χ0v) is 14.1. The molecule has 9 heteroatoms. The largest absolute Gasteiger partial charge is 0.456 e. The number of rotatable bonds is 4. The summed E-state index contributed by atoms with van der Waals surface area (Å²) in [5.74, 6) is -2.02. The summed E-state index contributed by atoms with van der Waals surface area (Å²) in [6, 6.07) is 6.09. The van der Waals surface area contributed by atoms with E-state index in [9.17, 15) is 18.0 Å². The number of aromatic nitrogens is 1. The van der Waals surface area contributed by atoms with Crippen LogP contribution in [0.3, 0.4) is 0 Å². The Labute approximate surface area is 147 Å². The molecule has 26 heavy (non-hydrogen) atoms. The van der Waals surface area contributed by atoms with Gasteiger partial charge in [-0.1, -0.05) is 6.07 Å². The molecule has 0 saturated carbocycles. The Morgan fingerprint density at radius 1 is 1.31 bits per heavy atom. The fraction of sp³-hybridized carbons (Fsp3) is 0.412. The molecule has 0 aromatic carbocycles. The average Bonchev–Trinajstić information content (AvgIpc) is 2.99. The lowest BCUT2D eigenvalue weighted by Gasteiger charge is -2.26. The van der Waals surface area contributed by atoms with E-state index >= 15 is 0 Å². The number of amides is 1. The standard InChI is InChI=1S/C17H18F3N3O3/c1-11-9-13(15(26-11)17(18,19)20)16(24)22-14-4-2-3-12(21-14)10-23-5-7-25-8-6-23/h2-4,9H,5-8,10H2,1H3,(H,21,22,24). The second-order valence-electron chi connectivity index (χ2n) is 5.95. The van der Waals surface area contributed by atoms with Crippen LogP contribution >= 0.6 is 0 Å². The molecule has 1 saturated heterocycles. The third kappa shape index (κ3) is 4.41. The van der Waals surface area contributed by atoms with Crippen LogP contribution in [0.4, 0.5) is 19.0 Å². The van der Waals surface area contributed by atoms with E-state index < -0.39 is 23.4 Å². The number of nitrogens with one attached hydrogen (secondary N) is 1. The number of nitrogens with zero attached hydrogens (tertiary/aromatic N) is 2. The van der Waals surface area contributed by atoms with Crippen LogP contribution in [0, 0.1) is 6.92 Å². The first kappa shape index (κ1) is 18.4. The molecule has 1 N–H and O–H groups in total. The van der Waals surface area contributed by atoms with E-state index in [1.807, 2.05) is 0 Å². The second-order valence-corrected chi connectivity index (χ2v) is 5.95. The second kappa shape index (κ2) is 7.46. The zero-order valence-electron chi connectivity index (χ0n) is 14.1. The normalized spacial score (nSPS) is 15.8. The molecule has 140 valence electrons. The number of carbonyl (C=O) groups excluding carboxylic acids is 1. The van der Waals surface area contributed by atoms with Crippen LogP contribution in [-0.2, 0) is 17.5 Å². The Morgan fingerprint density at radius 2 is 2.04 bits per heavy atom. The molecule has 3 heterocycles. The van der Waals surface area contributed by atoms with Crippen LogP contribution in [-0.4, -0.2) is 42.1 Å². The number of halogens is 3. The molecule has 2 aromatic rings. The van der Waals surface area contributed by atoms with Crippen LogP contribution in [0.15, 0.2) is 28.7 Å². The number of morpholine rings is 1. The monoisotopic (exact) mass is 369 g/mol. The lowest BCUT2D eigenvalue weighted by molar-refractivity contribution is -0.153. The van der Waals surface area contributed by atoms with E-state index in [1.165, 1.54) is 13.0 Å². The van der Waals surface area contributed by atoms with Crippen LogP contribution < -0.4 is 5.32 Å². The van der Waals surface area contributed by atoms with Crippen LogP contribution in [0.2, 0.25) is 0 Å². The van der Waals surface area contributed by atoms with Crippen molar-refractivity contribution in [2.75, 3.05) is 31.6 Å². The molecule has 3 rings (SSSR count). The molecule has 1 amide bonds. The summed E-state index contributed by atoms with van der Waals surface area (Å²) in [6.07, 6.45) is -4.74. The molecule has 0 spiro atoms. The maximum Gasteiger partial charge on any atom is 0.450 e.